The lowest BCUT2D eigenvalue weighted by Crippen LogP contribution is -2.42. The van der Waals surface area contributed by atoms with Crippen LogP contribution >= 0.6 is 0 Å². The number of rotatable bonds is 8. The van der Waals surface area contributed by atoms with Crippen LogP contribution in [0.15, 0.2) is 0 Å². The van der Waals surface area contributed by atoms with Gasteiger partial charge in [0.05, 0.1) is 6.10 Å². The van der Waals surface area contributed by atoms with Gasteiger partial charge in [-0.15, -0.1) is 0 Å². The van der Waals surface area contributed by atoms with Crippen LogP contribution in [0.1, 0.15) is 77.6 Å². The Balaban J connectivity index is 1.66. The molecule has 1 heterocycles. The Kier molecular flexibility index (Phi) is 7.32. The molecule has 0 aromatic heterocycles. The summed E-state index contributed by atoms with van der Waals surface area (Å²) in [7, 11) is 0. The molecule has 1 aliphatic carbocycles. The topological polar surface area (TPSA) is 47.3 Å². The Bertz CT molecular complexity index is 245. The van der Waals surface area contributed by atoms with Gasteiger partial charge in [-0.2, -0.15) is 0 Å². The van der Waals surface area contributed by atoms with E-state index in [1.165, 1.54) is 70.6 Å². The quantitative estimate of drug-likeness (QED) is 0.526. The minimum atomic E-state index is 0.506. The van der Waals surface area contributed by atoms with E-state index in [0.29, 0.717) is 12.1 Å². The molecule has 0 radical (unpaired) electrons. The highest BCUT2D eigenvalue weighted by molar-refractivity contribution is 4.82. The van der Waals surface area contributed by atoms with E-state index in [9.17, 15) is 0 Å². The van der Waals surface area contributed by atoms with Gasteiger partial charge in [0, 0.05) is 12.6 Å². The van der Waals surface area contributed by atoms with Crippen molar-refractivity contribution in [2.24, 2.45) is 17.7 Å². The van der Waals surface area contributed by atoms with Crippen molar-refractivity contribution < 1.29 is 4.74 Å². The fraction of sp³-hybridized carbons (Fsp3) is 1.00. The van der Waals surface area contributed by atoms with Crippen molar-refractivity contribution in [2.45, 2.75) is 89.7 Å². The summed E-state index contributed by atoms with van der Waals surface area (Å²) in [5.74, 6) is 7.59. The molecule has 1 saturated carbocycles. The summed E-state index contributed by atoms with van der Waals surface area (Å²) >= 11 is 0. The van der Waals surface area contributed by atoms with Gasteiger partial charge in [-0.25, -0.2) is 0 Å². The molecular weight excluding hydrogens is 248 g/mol. The lowest BCUT2D eigenvalue weighted by atomic mass is 9.76. The molecule has 0 aromatic carbocycles. The molecule has 3 heteroatoms. The molecule has 2 atom stereocenters. The van der Waals surface area contributed by atoms with Crippen molar-refractivity contribution in [3.8, 4) is 0 Å². The number of unbranched alkanes of at least 4 members (excludes halogenated alkanes) is 1. The molecule has 0 spiro atoms. The van der Waals surface area contributed by atoms with Gasteiger partial charge in [0.15, 0.2) is 0 Å². The lowest BCUT2D eigenvalue weighted by Gasteiger charge is -2.34. The van der Waals surface area contributed by atoms with E-state index in [1.54, 1.807) is 0 Å². The Morgan fingerprint density at radius 2 is 1.95 bits per heavy atom. The van der Waals surface area contributed by atoms with E-state index in [-0.39, 0.29) is 0 Å². The zero-order valence-corrected chi connectivity index (χ0v) is 13.3. The first-order valence-corrected chi connectivity index (χ1v) is 8.91. The van der Waals surface area contributed by atoms with E-state index in [0.717, 1.165) is 18.4 Å². The van der Waals surface area contributed by atoms with Crippen LogP contribution in [-0.4, -0.2) is 18.8 Å². The number of hydrogen-bond donors (Lipinski definition) is 2. The minimum Gasteiger partial charge on any atom is -0.378 e. The molecule has 2 unspecified atom stereocenters. The van der Waals surface area contributed by atoms with E-state index < -0.39 is 0 Å². The SMILES string of the molecule is CCCCC1CCC(C(CCC2CCCO2)NN)CC1. The standard InChI is InChI=1S/C17H34N2O/c1-2-3-5-14-7-9-15(10-8-14)17(19-18)12-11-16-6-4-13-20-16/h14-17,19H,2-13,18H2,1H3. The number of nitrogens with two attached hydrogens (primary N) is 1. The Hall–Kier alpha value is -0.120. The molecule has 1 aliphatic heterocycles. The number of hydrogen-bond acceptors (Lipinski definition) is 3. The lowest BCUT2D eigenvalue weighted by molar-refractivity contribution is 0.0943. The Labute approximate surface area is 125 Å². The predicted molar refractivity (Wildman–Crippen MR) is 84.3 cm³/mol. The third-order valence-electron chi connectivity index (χ3n) is 5.46. The first-order valence-electron chi connectivity index (χ1n) is 8.91. The largest absolute Gasteiger partial charge is 0.378 e. The molecular formula is C17H34N2O. The Morgan fingerprint density at radius 3 is 2.55 bits per heavy atom. The van der Waals surface area contributed by atoms with Crippen LogP contribution in [0.2, 0.25) is 0 Å². The highest BCUT2D eigenvalue weighted by Crippen LogP contribution is 2.34. The second kappa shape index (κ2) is 9.01. The van der Waals surface area contributed by atoms with Gasteiger partial charge in [-0.1, -0.05) is 39.0 Å². The van der Waals surface area contributed by atoms with Gasteiger partial charge in [-0.3, -0.25) is 11.3 Å². The molecule has 2 rings (SSSR count). The third kappa shape index (κ3) is 5.01. The van der Waals surface area contributed by atoms with Gasteiger partial charge >= 0.3 is 0 Å². The molecule has 3 N–H and O–H groups in total. The molecule has 2 fully saturated rings. The zero-order valence-electron chi connectivity index (χ0n) is 13.3. The van der Waals surface area contributed by atoms with Crippen molar-refractivity contribution >= 4 is 0 Å². The normalized spacial score (nSPS) is 32.4. The van der Waals surface area contributed by atoms with Gasteiger partial charge in [0.25, 0.3) is 0 Å². The van der Waals surface area contributed by atoms with Crippen molar-refractivity contribution in [1.29, 1.82) is 0 Å². The smallest absolute Gasteiger partial charge is 0.0576 e. The van der Waals surface area contributed by atoms with E-state index in [2.05, 4.69) is 12.3 Å². The average Bonchev–Trinajstić information content (AvgIpc) is 3.00. The average molecular weight is 282 g/mol. The highest BCUT2D eigenvalue weighted by Gasteiger charge is 2.27. The molecule has 0 amide bonds. The van der Waals surface area contributed by atoms with Crippen LogP contribution in [0, 0.1) is 11.8 Å². The van der Waals surface area contributed by atoms with Crippen molar-refractivity contribution in [3.63, 3.8) is 0 Å². The third-order valence-corrected chi connectivity index (χ3v) is 5.46. The molecule has 20 heavy (non-hydrogen) atoms. The van der Waals surface area contributed by atoms with Gasteiger partial charge < -0.3 is 4.74 Å². The van der Waals surface area contributed by atoms with Crippen molar-refractivity contribution in [3.05, 3.63) is 0 Å². The van der Waals surface area contributed by atoms with Gasteiger partial charge in [0.2, 0.25) is 0 Å². The van der Waals surface area contributed by atoms with Crippen LogP contribution in [0.4, 0.5) is 0 Å². The van der Waals surface area contributed by atoms with Crippen LogP contribution < -0.4 is 11.3 Å². The van der Waals surface area contributed by atoms with E-state index in [1.807, 2.05) is 0 Å². The molecule has 118 valence electrons. The monoisotopic (exact) mass is 282 g/mol. The van der Waals surface area contributed by atoms with Crippen LogP contribution in [0.3, 0.4) is 0 Å². The molecule has 2 aliphatic rings. The van der Waals surface area contributed by atoms with Crippen molar-refractivity contribution in [2.75, 3.05) is 6.61 Å². The van der Waals surface area contributed by atoms with Crippen molar-refractivity contribution in [1.82, 2.24) is 5.43 Å². The highest BCUT2D eigenvalue weighted by atomic mass is 16.5. The molecule has 1 saturated heterocycles. The summed E-state index contributed by atoms with van der Waals surface area (Å²) in [6, 6.07) is 0.506. The summed E-state index contributed by atoms with van der Waals surface area (Å²) in [5.41, 5.74) is 3.10. The molecule has 3 nitrogen and oxygen atoms in total. The first kappa shape index (κ1) is 16.3. The second-order valence-corrected chi connectivity index (χ2v) is 6.91. The Morgan fingerprint density at radius 1 is 1.15 bits per heavy atom. The van der Waals surface area contributed by atoms with Crippen LogP contribution in [-0.2, 0) is 4.74 Å². The van der Waals surface area contributed by atoms with Gasteiger partial charge in [-0.05, 0) is 50.4 Å². The molecule has 0 aromatic rings. The summed E-state index contributed by atoms with van der Waals surface area (Å²) < 4.78 is 5.73. The maximum atomic E-state index is 5.81. The summed E-state index contributed by atoms with van der Waals surface area (Å²) in [4.78, 5) is 0. The fourth-order valence-corrected chi connectivity index (χ4v) is 4.06. The molecule has 0 bridgehead atoms. The van der Waals surface area contributed by atoms with E-state index in [4.69, 9.17) is 10.6 Å². The van der Waals surface area contributed by atoms with Crippen LogP contribution in [0.5, 0.6) is 0 Å². The minimum absolute atomic E-state index is 0.506. The summed E-state index contributed by atoms with van der Waals surface area (Å²) in [5, 5.41) is 0. The predicted octanol–water partition coefficient (Wildman–Crippen LogP) is 3.77. The fourth-order valence-electron chi connectivity index (χ4n) is 4.06. The number of nitrogens with one attached hydrogen (secondary N) is 1. The second-order valence-electron chi connectivity index (χ2n) is 6.91. The maximum Gasteiger partial charge on any atom is 0.0576 e. The number of hydrazine groups is 1. The zero-order chi connectivity index (χ0) is 14.2. The van der Waals surface area contributed by atoms with E-state index >= 15 is 0 Å². The first-order chi connectivity index (χ1) is 9.83. The number of ether oxygens (including phenoxy) is 1. The van der Waals surface area contributed by atoms with Gasteiger partial charge in [0.1, 0.15) is 0 Å². The summed E-state index contributed by atoms with van der Waals surface area (Å²) in [6.07, 6.45) is 15.1. The van der Waals surface area contributed by atoms with Crippen LogP contribution in [0.25, 0.3) is 0 Å². The summed E-state index contributed by atoms with van der Waals surface area (Å²) in [6.45, 7) is 3.26. The maximum absolute atomic E-state index is 5.81.